The van der Waals surface area contributed by atoms with Crippen molar-refractivity contribution < 1.29 is 0 Å². The van der Waals surface area contributed by atoms with Gasteiger partial charge in [-0.2, -0.15) is 0 Å². The molecule has 0 amide bonds. The first kappa shape index (κ1) is 14.2. The second-order valence-corrected chi connectivity index (χ2v) is 5.35. The quantitative estimate of drug-likeness (QED) is 0.589. The van der Waals surface area contributed by atoms with Crippen LogP contribution in [0, 0.1) is 12.1 Å². The molecule has 0 aliphatic rings. The highest BCUT2D eigenvalue weighted by molar-refractivity contribution is 5.61. The monoisotopic (exact) mass is 282 g/mol. The summed E-state index contributed by atoms with van der Waals surface area (Å²) in [6.07, 6.45) is 3.99. The van der Waals surface area contributed by atoms with E-state index in [1.807, 2.05) is 18.2 Å². The molecule has 0 saturated heterocycles. The molecule has 106 valence electrons. The topological polar surface area (TPSA) is 0 Å². The summed E-state index contributed by atoms with van der Waals surface area (Å²) in [5.41, 5.74) is 6.17. The predicted molar refractivity (Wildman–Crippen MR) is 93.5 cm³/mol. The number of hydrogen-bond acceptors (Lipinski definition) is 0. The van der Waals surface area contributed by atoms with Crippen molar-refractivity contribution in [2.24, 2.45) is 0 Å². The standard InChI is InChI=1S/C22H18/c1-2-18-8-10-19(11-9-18)12-13-20-14-16-22(17-15-20)21-6-4-3-5-7-21/h2-4,6,8-11,14-17H,1,12-13H2. The number of benzene rings is 2. The van der Waals surface area contributed by atoms with E-state index in [4.69, 9.17) is 0 Å². The van der Waals surface area contributed by atoms with E-state index in [9.17, 15) is 0 Å². The molecule has 3 rings (SSSR count). The molecule has 0 unspecified atom stereocenters. The number of rotatable bonds is 5. The summed E-state index contributed by atoms with van der Waals surface area (Å²) in [6, 6.07) is 29.4. The smallest absolute Gasteiger partial charge is 0.0321 e. The van der Waals surface area contributed by atoms with Crippen LogP contribution in [0.3, 0.4) is 0 Å². The molecule has 0 radical (unpaired) electrons. The molecule has 0 spiro atoms. The molecule has 0 aliphatic heterocycles. The zero-order chi connectivity index (χ0) is 15.2. The van der Waals surface area contributed by atoms with Gasteiger partial charge in [-0.15, -0.1) is 0 Å². The van der Waals surface area contributed by atoms with E-state index >= 15 is 0 Å². The Hall–Kier alpha value is -2.78. The van der Waals surface area contributed by atoms with Gasteiger partial charge in [0.25, 0.3) is 0 Å². The molecule has 0 heterocycles. The van der Waals surface area contributed by atoms with Gasteiger partial charge >= 0.3 is 0 Å². The maximum atomic E-state index is 3.78. The highest BCUT2D eigenvalue weighted by Crippen LogP contribution is 2.18. The first-order chi connectivity index (χ1) is 10.8. The van der Waals surface area contributed by atoms with Crippen LogP contribution in [-0.2, 0) is 12.8 Å². The van der Waals surface area contributed by atoms with Crippen LogP contribution < -0.4 is 0 Å². The molecule has 3 aromatic carbocycles. The molecule has 0 saturated carbocycles. The molecule has 0 heteroatoms. The maximum Gasteiger partial charge on any atom is 0.0321 e. The van der Waals surface area contributed by atoms with E-state index in [0.29, 0.717) is 0 Å². The van der Waals surface area contributed by atoms with Crippen LogP contribution in [0.1, 0.15) is 16.7 Å². The van der Waals surface area contributed by atoms with Gasteiger partial charge in [-0.05, 0) is 47.2 Å². The Labute approximate surface area is 132 Å². The zero-order valence-electron chi connectivity index (χ0n) is 12.5. The molecule has 0 bridgehead atoms. The van der Waals surface area contributed by atoms with E-state index in [1.165, 1.54) is 22.3 Å². The molecular formula is C22H18. The van der Waals surface area contributed by atoms with Crippen LogP contribution in [-0.4, -0.2) is 0 Å². The van der Waals surface area contributed by atoms with Crippen molar-refractivity contribution in [3.05, 3.63) is 102 Å². The van der Waals surface area contributed by atoms with Gasteiger partial charge in [0.2, 0.25) is 0 Å². The molecule has 0 atom stereocenters. The van der Waals surface area contributed by atoms with Gasteiger partial charge in [0.1, 0.15) is 0 Å². The van der Waals surface area contributed by atoms with Gasteiger partial charge in [-0.3, -0.25) is 0 Å². The SMILES string of the molecule is C=Cc1ccc(CCc2ccc(-c3c#cccc3)cc2)cc1. The lowest BCUT2D eigenvalue weighted by atomic mass is 10.0. The number of hydrogen-bond donors (Lipinski definition) is 0. The zero-order valence-corrected chi connectivity index (χ0v) is 12.5. The van der Waals surface area contributed by atoms with Gasteiger partial charge in [-0.25, -0.2) is 0 Å². The lowest BCUT2D eigenvalue weighted by Gasteiger charge is -2.05. The third-order valence-electron chi connectivity index (χ3n) is 3.83. The van der Waals surface area contributed by atoms with Gasteiger partial charge in [-0.1, -0.05) is 79.4 Å². The fourth-order valence-corrected chi connectivity index (χ4v) is 2.48. The Bertz CT molecular complexity index is 719. The Balaban J connectivity index is 1.64. The fraction of sp³-hybridized carbons (Fsp3) is 0.0909. The summed E-state index contributed by atoms with van der Waals surface area (Å²) in [4.78, 5) is 0. The highest BCUT2D eigenvalue weighted by Gasteiger charge is 1.99. The lowest BCUT2D eigenvalue weighted by Crippen LogP contribution is -1.91. The average molecular weight is 282 g/mol. The van der Waals surface area contributed by atoms with Crippen LogP contribution in [0.5, 0.6) is 0 Å². The van der Waals surface area contributed by atoms with E-state index in [1.54, 1.807) is 0 Å². The predicted octanol–water partition coefficient (Wildman–Crippen LogP) is 5.38. The van der Waals surface area contributed by atoms with Crippen molar-refractivity contribution in [2.75, 3.05) is 0 Å². The van der Waals surface area contributed by atoms with Crippen LogP contribution in [0.25, 0.3) is 17.2 Å². The molecule has 0 fully saturated rings. The van der Waals surface area contributed by atoms with Crippen molar-refractivity contribution in [1.82, 2.24) is 0 Å². The summed E-state index contributed by atoms with van der Waals surface area (Å²) in [6.45, 7) is 3.78. The van der Waals surface area contributed by atoms with Crippen LogP contribution in [0.15, 0.2) is 73.3 Å². The number of aryl methyl sites for hydroxylation is 2. The van der Waals surface area contributed by atoms with Gasteiger partial charge in [0.05, 0.1) is 0 Å². The molecule has 0 aliphatic carbocycles. The van der Waals surface area contributed by atoms with Crippen molar-refractivity contribution in [2.45, 2.75) is 12.8 Å². The summed E-state index contributed by atoms with van der Waals surface area (Å²) in [7, 11) is 0. The summed E-state index contributed by atoms with van der Waals surface area (Å²) >= 11 is 0. The molecule has 3 aromatic rings. The van der Waals surface area contributed by atoms with Crippen molar-refractivity contribution >= 4 is 6.08 Å². The van der Waals surface area contributed by atoms with Crippen molar-refractivity contribution in [1.29, 1.82) is 0 Å². The van der Waals surface area contributed by atoms with E-state index in [0.717, 1.165) is 18.4 Å². The Kier molecular flexibility index (Phi) is 4.37. The summed E-state index contributed by atoms with van der Waals surface area (Å²) in [5, 5.41) is 0. The third kappa shape index (κ3) is 3.45. The lowest BCUT2D eigenvalue weighted by molar-refractivity contribution is 0.960. The maximum absolute atomic E-state index is 3.78. The van der Waals surface area contributed by atoms with Gasteiger partial charge in [0, 0.05) is 5.56 Å². The molecule has 22 heavy (non-hydrogen) atoms. The largest absolute Gasteiger partial charge is 0.0985 e. The highest BCUT2D eigenvalue weighted by atomic mass is 14.0. The second kappa shape index (κ2) is 6.78. The van der Waals surface area contributed by atoms with Gasteiger partial charge < -0.3 is 0 Å². The molecule has 0 aromatic heterocycles. The molecule has 0 N–H and O–H groups in total. The Morgan fingerprint density at radius 1 is 0.818 bits per heavy atom. The van der Waals surface area contributed by atoms with Crippen molar-refractivity contribution in [3.8, 4) is 11.1 Å². The minimum absolute atomic E-state index is 1.05. The Morgan fingerprint density at radius 3 is 2.00 bits per heavy atom. The summed E-state index contributed by atoms with van der Waals surface area (Å²) < 4.78 is 0. The van der Waals surface area contributed by atoms with Crippen LogP contribution in [0.4, 0.5) is 0 Å². The van der Waals surface area contributed by atoms with Crippen LogP contribution >= 0.6 is 0 Å². The van der Waals surface area contributed by atoms with E-state index in [2.05, 4.69) is 73.3 Å². The molecular weight excluding hydrogens is 264 g/mol. The normalized spacial score (nSPS) is 10.0. The first-order valence-electron chi connectivity index (χ1n) is 7.54. The van der Waals surface area contributed by atoms with E-state index < -0.39 is 0 Å². The third-order valence-corrected chi connectivity index (χ3v) is 3.83. The molecule has 0 nitrogen and oxygen atoms in total. The fourth-order valence-electron chi connectivity index (χ4n) is 2.48. The van der Waals surface area contributed by atoms with E-state index in [-0.39, 0.29) is 0 Å². The summed E-state index contributed by atoms with van der Waals surface area (Å²) in [5.74, 6) is 0. The van der Waals surface area contributed by atoms with Crippen LogP contribution in [0.2, 0.25) is 0 Å². The minimum Gasteiger partial charge on any atom is -0.0985 e. The minimum atomic E-state index is 1.05. The second-order valence-electron chi connectivity index (χ2n) is 5.35. The van der Waals surface area contributed by atoms with Gasteiger partial charge in [0.15, 0.2) is 0 Å². The average Bonchev–Trinajstić information content (AvgIpc) is 2.61. The first-order valence-corrected chi connectivity index (χ1v) is 7.54. The van der Waals surface area contributed by atoms with Crippen molar-refractivity contribution in [3.63, 3.8) is 0 Å². The Morgan fingerprint density at radius 2 is 1.45 bits per heavy atom.